The van der Waals surface area contributed by atoms with Gasteiger partial charge in [-0.3, -0.25) is 0 Å². The Morgan fingerprint density at radius 1 is 0.969 bits per heavy atom. The van der Waals surface area contributed by atoms with Gasteiger partial charge >= 0.3 is 0 Å². The molecule has 0 aliphatic carbocycles. The Hall–Kier alpha value is -3.85. The van der Waals surface area contributed by atoms with E-state index in [1.54, 1.807) is 6.20 Å². The molecule has 1 saturated heterocycles. The number of hydrogen-bond acceptors (Lipinski definition) is 8. The minimum absolute atomic E-state index is 0.671. The molecule has 5 heterocycles. The summed E-state index contributed by atoms with van der Waals surface area (Å²) in [5, 5.41) is 15.6. The first-order valence-electron chi connectivity index (χ1n) is 10.7. The number of fused-ring (bicyclic) bond motifs is 2. The summed E-state index contributed by atoms with van der Waals surface area (Å²) in [7, 11) is 0. The topological polar surface area (TPSA) is 88.8 Å². The molecule has 0 unspecified atom stereocenters. The highest BCUT2D eigenvalue weighted by Gasteiger charge is 2.15. The first kappa shape index (κ1) is 18.9. The van der Waals surface area contributed by atoms with Crippen LogP contribution >= 0.6 is 0 Å². The number of rotatable bonds is 4. The summed E-state index contributed by atoms with van der Waals surface area (Å²) in [6.07, 6.45) is 5.81. The first-order valence-corrected chi connectivity index (χ1v) is 10.7. The van der Waals surface area contributed by atoms with Gasteiger partial charge in [-0.25, -0.2) is 4.98 Å². The molecule has 0 atom stereocenters. The van der Waals surface area contributed by atoms with Gasteiger partial charge in [0.15, 0.2) is 17.3 Å². The average molecular weight is 429 g/mol. The Labute approximate surface area is 185 Å². The number of imidazole rings is 1. The lowest BCUT2D eigenvalue weighted by Crippen LogP contribution is -2.36. The standard InChI is InChI=1S/C23H23N7O2/c1-2-20-18(24-6-10-32-20)13-16(1)17-14-19(23-25-5-7-30(23)15-17)26-21-3-4-22(28-27-21)29-8-11-31-12-9-29/h1-5,7,13-15,24H,6,8-12H2,(H,26,27). The van der Waals surface area contributed by atoms with Crippen LogP contribution in [0.4, 0.5) is 23.0 Å². The van der Waals surface area contributed by atoms with E-state index >= 15 is 0 Å². The second kappa shape index (κ2) is 8.01. The second-order valence-corrected chi connectivity index (χ2v) is 7.79. The Kier molecular flexibility index (Phi) is 4.73. The van der Waals surface area contributed by atoms with Gasteiger partial charge in [-0.05, 0) is 35.9 Å². The zero-order valence-corrected chi connectivity index (χ0v) is 17.5. The molecule has 0 amide bonds. The lowest BCUT2D eigenvalue weighted by Gasteiger charge is -2.27. The summed E-state index contributed by atoms with van der Waals surface area (Å²) in [5.41, 5.74) is 4.86. The number of nitrogens with one attached hydrogen (secondary N) is 2. The van der Waals surface area contributed by atoms with Crippen LogP contribution in [0.5, 0.6) is 5.75 Å². The van der Waals surface area contributed by atoms with Crippen LogP contribution in [-0.2, 0) is 4.74 Å². The van der Waals surface area contributed by atoms with Gasteiger partial charge in [0.05, 0.1) is 24.6 Å². The van der Waals surface area contributed by atoms with E-state index in [-0.39, 0.29) is 0 Å². The number of morpholine rings is 1. The smallest absolute Gasteiger partial charge is 0.160 e. The van der Waals surface area contributed by atoms with E-state index < -0.39 is 0 Å². The average Bonchev–Trinajstić information content (AvgIpc) is 3.34. The Balaban J connectivity index is 1.31. The van der Waals surface area contributed by atoms with Gasteiger partial charge in [0.1, 0.15) is 12.4 Å². The fraction of sp³-hybridized carbons (Fsp3) is 0.261. The van der Waals surface area contributed by atoms with Gasteiger partial charge in [0.2, 0.25) is 0 Å². The van der Waals surface area contributed by atoms with Crippen LogP contribution in [0.3, 0.4) is 0 Å². The summed E-state index contributed by atoms with van der Waals surface area (Å²) >= 11 is 0. The van der Waals surface area contributed by atoms with Gasteiger partial charge in [0.25, 0.3) is 0 Å². The van der Waals surface area contributed by atoms with Crippen molar-refractivity contribution in [3.05, 3.63) is 55.0 Å². The molecule has 9 nitrogen and oxygen atoms in total. The lowest BCUT2D eigenvalue weighted by atomic mass is 10.1. The fourth-order valence-corrected chi connectivity index (χ4v) is 4.09. The van der Waals surface area contributed by atoms with E-state index in [0.29, 0.717) is 12.4 Å². The molecule has 2 aliphatic rings. The first-order chi connectivity index (χ1) is 15.8. The summed E-state index contributed by atoms with van der Waals surface area (Å²) in [5.74, 6) is 2.42. The maximum atomic E-state index is 5.71. The minimum Gasteiger partial charge on any atom is -0.490 e. The molecule has 1 aromatic carbocycles. The molecule has 1 fully saturated rings. The molecule has 0 bridgehead atoms. The Bertz CT molecular complexity index is 1250. The monoisotopic (exact) mass is 429 g/mol. The van der Waals surface area contributed by atoms with Gasteiger partial charge in [-0.2, -0.15) is 0 Å². The molecule has 2 N–H and O–H groups in total. The number of pyridine rings is 1. The number of anilines is 4. The quantitative estimate of drug-likeness (QED) is 0.511. The molecule has 9 heteroatoms. The van der Waals surface area contributed by atoms with Crippen molar-refractivity contribution in [1.29, 1.82) is 0 Å². The van der Waals surface area contributed by atoms with E-state index in [9.17, 15) is 0 Å². The summed E-state index contributed by atoms with van der Waals surface area (Å²) in [6, 6.07) is 12.2. The molecule has 32 heavy (non-hydrogen) atoms. The maximum absolute atomic E-state index is 5.71. The number of ether oxygens (including phenoxy) is 2. The van der Waals surface area contributed by atoms with E-state index in [4.69, 9.17) is 9.47 Å². The van der Waals surface area contributed by atoms with Crippen LogP contribution in [0.1, 0.15) is 0 Å². The van der Waals surface area contributed by atoms with Crippen LogP contribution < -0.4 is 20.3 Å². The molecular weight excluding hydrogens is 406 g/mol. The molecule has 162 valence electrons. The molecular formula is C23H23N7O2. The number of aromatic nitrogens is 4. The van der Waals surface area contributed by atoms with Crippen LogP contribution in [0.15, 0.2) is 55.0 Å². The molecule has 4 aromatic rings. The van der Waals surface area contributed by atoms with Crippen LogP contribution in [-0.4, -0.2) is 59.0 Å². The summed E-state index contributed by atoms with van der Waals surface area (Å²) in [4.78, 5) is 6.69. The van der Waals surface area contributed by atoms with Crippen molar-refractivity contribution in [2.24, 2.45) is 0 Å². The Morgan fingerprint density at radius 2 is 1.91 bits per heavy atom. The zero-order valence-electron chi connectivity index (χ0n) is 17.5. The van der Waals surface area contributed by atoms with E-state index in [2.05, 4.69) is 55.1 Å². The normalized spacial score (nSPS) is 15.7. The van der Waals surface area contributed by atoms with Crippen LogP contribution in [0.25, 0.3) is 16.8 Å². The number of nitrogens with zero attached hydrogens (tertiary/aromatic N) is 5. The largest absolute Gasteiger partial charge is 0.490 e. The lowest BCUT2D eigenvalue weighted by molar-refractivity contribution is 0.122. The third-order valence-corrected chi connectivity index (χ3v) is 5.72. The predicted octanol–water partition coefficient (Wildman–Crippen LogP) is 3.18. The van der Waals surface area contributed by atoms with E-state index in [0.717, 1.165) is 72.6 Å². The second-order valence-electron chi connectivity index (χ2n) is 7.79. The van der Waals surface area contributed by atoms with E-state index in [1.165, 1.54) is 0 Å². The van der Waals surface area contributed by atoms with Crippen molar-refractivity contribution in [1.82, 2.24) is 19.6 Å². The molecule has 0 spiro atoms. The number of hydrogen-bond donors (Lipinski definition) is 2. The highest BCUT2D eigenvalue weighted by Crippen LogP contribution is 2.34. The zero-order chi connectivity index (χ0) is 21.3. The van der Waals surface area contributed by atoms with Crippen molar-refractivity contribution in [2.45, 2.75) is 0 Å². The van der Waals surface area contributed by atoms with Crippen molar-refractivity contribution in [3.8, 4) is 16.9 Å². The highest BCUT2D eigenvalue weighted by atomic mass is 16.5. The third-order valence-electron chi connectivity index (χ3n) is 5.72. The SMILES string of the molecule is c1cn2cc(-c3ccc4c(c3)NCCO4)cc(Nc3ccc(N4CCOCC4)nn3)c2n1. The molecule has 2 aliphatic heterocycles. The molecule has 3 aromatic heterocycles. The van der Waals surface area contributed by atoms with Gasteiger partial charge in [-0.15, -0.1) is 10.2 Å². The molecule has 0 radical (unpaired) electrons. The van der Waals surface area contributed by atoms with Gasteiger partial charge in [-0.1, -0.05) is 6.07 Å². The summed E-state index contributed by atoms with van der Waals surface area (Å²) in [6.45, 7) is 4.60. The molecule has 6 rings (SSSR count). The third kappa shape index (κ3) is 3.56. The minimum atomic E-state index is 0.671. The van der Waals surface area contributed by atoms with Crippen molar-refractivity contribution < 1.29 is 9.47 Å². The van der Waals surface area contributed by atoms with Crippen molar-refractivity contribution >= 4 is 28.7 Å². The number of benzene rings is 1. The van der Waals surface area contributed by atoms with Gasteiger partial charge in [0, 0.05) is 43.8 Å². The van der Waals surface area contributed by atoms with E-state index in [1.807, 2.05) is 28.8 Å². The molecule has 0 saturated carbocycles. The van der Waals surface area contributed by atoms with Crippen LogP contribution in [0.2, 0.25) is 0 Å². The maximum Gasteiger partial charge on any atom is 0.160 e. The van der Waals surface area contributed by atoms with Crippen LogP contribution in [0, 0.1) is 0 Å². The summed E-state index contributed by atoms with van der Waals surface area (Å²) < 4.78 is 13.1. The van der Waals surface area contributed by atoms with Crippen molar-refractivity contribution in [3.63, 3.8) is 0 Å². The Morgan fingerprint density at radius 3 is 2.78 bits per heavy atom. The van der Waals surface area contributed by atoms with Crippen molar-refractivity contribution in [2.75, 3.05) is 55.0 Å². The fourth-order valence-electron chi connectivity index (χ4n) is 4.09. The van der Waals surface area contributed by atoms with Gasteiger partial charge < -0.3 is 29.4 Å². The predicted molar refractivity (Wildman–Crippen MR) is 123 cm³/mol. The highest BCUT2D eigenvalue weighted by molar-refractivity contribution is 5.81.